The van der Waals surface area contributed by atoms with E-state index in [0.717, 1.165) is 12.8 Å². The van der Waals surface area contributed by atoms with E-state index < -0.39 is 4.92 Å². The van der Waals surface area contributed by atoms with Crippen molar-refractivity contribution in [2.75, 3.05) is 6.54 Å². The van der Waals surface area contributed by atoms with Gasteiger partial charge in [0.15, 0.2) is 0 Å². The molecule has 1 aromatic carbocycles. The maximum absolute atomic E-state index is 11.8. The molecule has 0 aliphatic heterocycles. The van der Waals surface area contributed by atoms with Gasteiger partial charge in [-0.25, -0.2) is 0 Å². The van der Waals surface area contributed by atoms with Gasteiger partial charge in [0.2, 0.25) is 0 Å². The summed E-state index contributed by atoms with van der Waals surface area (Å²) < 4.78 is 0. The molecule has 0 spiro atoms. The van der Waals surface area contributed by atoms with E-state index >= 15 is 0 Å². The second-order valence-electron chi connectivity index (χ2n) is 4.20. The van der Waals surface area contributed by atoms with E-state index in [0.29, 0.717) is 18.0 Å². The summed E-state index contributed by atoms with van der Waals surface area (Å²) in [5.41, 5.74) is 0.443. The lowest BCUT2D eigenvalue weighted by Crippen LogP contribution is -2.28. The molecule has 1 rings (SSSR count). The Morgan fingerprint density at radius 1 is 1.28 bits per heavy atom. The first-order chi connectivity index (χ1) is 8.58. The van der Waals surface area contributed by atoms with Gasteiger partial charge in [0.05, 0.1) is 4.92 Å². The lowest BCUT2D eigenvalue weighted by atomic mass is 10.0. The SMILES string of the molecule is CCC(CC)CNC(=O)c1ccc([N+](=O)[O-])cc1. The quantitative estimate of drug-likeness (QED) is 0.623. The van der Waals surface area contributed by atoms with E-state index in [9.17, 15) is 14.9 Å². The van der Waals surface area contributed by atoms with Crippen LogP contribution < -0.4 is 5.32 Å². The molecule has 5 nitrogen and oxygen atoms in total. The molecule has 0 saturated carbocycles. The second kappa shape index (κ2) is 6.74. The third-order valence-electron chi connectivity index (χ3n) is 3.05. The van der Waals surface area contributed by atoms with E-state index in [4.69, 9.17) is 0 Å². The van der Waals surface area contributed by atoms with Crippen molar-refractivity contribution >= 4 is 11.6 Å². The van der Waals surface area contributed by atoms with Crippen LogP contribution >= 0.6 is 0 Å². The number of hydrogen-bond acceptors (Lipinski definition) is 3. The zero-order valence-electron chi connectivity index (χ0n) is 10.7. The maximum Gasteiger partial charge on any atom is 0.269 e. The molecule has 0 radical (unpaired) electrons. The Labute approximate surface area is 106 Å². The predicted octanol–water partition coefficient (Wildman–Crippen LogP) is 2.76. The van der Waals surface area contributed by atoms with Gasteiger partial charge < -0.3 is 5.32 Å². The molecular formula is C13H18N2O3. The largest absolute Gasteiger partial charge is 0.352 e. The molecule has 0 saturated heterocycles. The van der Waals surface area contributed by atoms with Gasteiger partial charge in [0, 0.05) is 24.2 Å². The number of hydrogen-bond donors (Lipinski definition) is 1. The number of benzene rings is 1. The zero-order valence-corrected chi connectivity index (χ0v) is 10.7. The molecule has 0 aliphatic rings. The lowest BCUT2D eigenvalue weighted by Gasteiger charge is -2.13. The van der Waals surface area contributed by atoms with Crippen molar-refractivity contribution in [3.05, 3.63) is 39.9 Å². The van der Waals surface area contributed by atoms with Crippen LogP contribution in [-0.4, -0.2) is 17.4 Å². The normalized spacial score (nSPS) is 10.4. The highest BCUT2D eigenvalue weighted by atomic mass is 16.6. The molecule has 0 aromatic heterocycles. The van der Waals surface area contributed by atoms with Crippen LogP contribution in [0.25, 0.3) is 0 Å². The van der Waals surface area contributed by atoms with Crippen LogP contribution in [0, 0.1) is 16.0 Å². The first-order valence-corrected chi connectivity index (χ1v) is 6.11. The van der Waals surface area contributed by atoms with Crippen molar-refractivity contribution in [1.29, 1.82) is 0 Å². The number of amides is 1. The molecule has 0 heterocycles. The molecular weight excluding hydrogens is 232 g/mol. The summed E-state index contributed by atoms with van der Waals surface area (Å²) in [5.74, 6) is 0.295. The smallest absolute Gasteiger partial charge is 0.269 e. The molecule has 0 atom stereocenters. The number of nitrogens with zero attached hydrogens (tertiary/aromatic N) is 1. The van der Waals surface area contributed by atoms with Crippen LogP contribution in [0.5, 0.6) is 0 Å². The standard InChI is InChI=1S/C13H18N2O3/c1-3-10(4-2)9-14-13(16)11-5-7-12(8-6-11)15(17)18/h5-8,10H,3-4,9H2,1-2H3,(H,14,16). The van der Waals surface area contributed by atoms with Crippen LogP contribution in [-0.2, 0) is 0 Å². The lowest BCUT2D eigenvalue weighted by molar-refractivity contribution is -0.384. The van der Waals surface area contributed by atoms with E-state index in [1.807, 2.05) is 0 Å². The molecule has 0 bridgehead atoms. The second-order valence-corrected chi connectivity index (χ2v) is 4.20. The van der Waals surface area contributed by atoms with Crippen LogP contribution in [0.3, 0.4) is 0 Å². The summed E-state index contributed by atoms with van der Waals surface area (Å²) in [6.07, 6.45) is 2.05. The number of nitrogens with one attached hydrogen (secondary N) is 1. The van der Waals surface area contributed by atoms with Crippen molar-refractivity contribution in [2.24, 2.45) is 5.92 Å². The molecule has 18 heavy (non-hydrogen) atoms. The third-order valence-corrected chi connectivity index (χ3v) is 3.05. The highest BCUT2D eigenvalue weighted by Gasteiger charge is 2.10. The minimum Gasteiger partial charge on any atom is -0.352 e. The van der Waals surface area contributed by atoms with Crippen molar-refractivity contribution in [3.8, 4) is 0 Å². The Hall–Kier alpha value is -1.91. The van der Waals surface area contributed by atoms with E-state index in [-0.39, 0.29) is 11.6 Å². The van der Waals surface area contributed by atoms with Crippen molar-refractivity contribution in [3.63, 3.8) is 0 Å². The van der Waals surface area contributed by atoms with Crippen LogP contribution in [0.1, 0.15) is 37.0 Å². The van der Waals surface area contributed by atoms with E-state index in [1.165, 1.54) is 24.3 Å². The average Bonchev–Trinajstić information content (AvgIpc) is 2.39. The highest BCUT2D eigenvalue weighted by Crippen LogP contribution is 2.12. The van der Waals surface area contributed by atoms with Gasteiger partial charge in [0.25, 0.3) is 11.6 Å². The number of carbonyl (C=O) groups excluding carboxylic acids is 1. The molecule has 0 aliphatic carbocycles. The van der Waals surface area contributed by atoms with E-state index in [1.54, 1.807) is 0 Å². The predicted molar refractivity (Wildman–Crippen MR) is 69.5 cm³/mol. The number of non-ortho nitro benzene ring substituents is 1. The number of nitro groups is 1. The summed E-state index contributed by atoms with van der Waals surface area (Å²) >= 11 is 0. The van der Waals surface area contributed by atoms with Crippen LogP contribution in [0.2, 0.25) is 0 Å². The van der Waals surface area contributed by atoms with Crippen molar-refractivity contribution in [1.82, 2.24) is 5.32 Å². The van der Waals surface area contributed by atoms with Gasteiger partial charge in [-0.15, -0.1) is 0 Å². The maximum atomic E-state index is 11.8. The first kappa shape index (κ1) is 14.2. The van der Waals surface area contributed by atoms with Gasteiger partial charge in [-0.05, 0) is 18.1 Å². The Morgan fingerprint density at radius 3 is 2.28 bits per heavy atom. The fourth-order valence-corrected chi connectivity index (χ4v) is 1.65. The minimum absolute atomic E-state index is 0.00783. The molecule has 1 aromatic rings. The van der Waals surface area contributed by atoms with Gasteiger partial charge in [-0.2, -0.15) is 0 Å². The Balaban J connectivity index is 2.59. The summed E-state index contributed by atoms with van der Waals surface area (Å²) in [7, 11) is 0. The monoisotopic (exact) mass is 250 g/mol. The Bertz CT molecular complexity index is 411. The molecule has 5 heteroatoms. The van der Waals surface area contributed by atoms with Crippen molar-refractivity contribution in [2.45, 2.75) is 26.7 Å². The highest BCUT2D eigenvalue weighted by molar-refractivity contribution is 5.94. The van der Waals surface area contributed by atoms with E-state index in [2.05, 4.69) is 19.2 Å². The average molecular weight is 250 g/mol. The first-order valence-electron chi connectivity index (χ1n) is 6.11. The molecule has 98 valence electrons. The summed E-state index contributed by atoms with van der Waals surface area (Å²) in [5, 5.41) is 13.3. The number of carbonyl (C=O) groups is 1. The minimum atomic E-state index is -0.480. The molecule has 0 unspecified atom stereocenters. The molecule has 1 amide bonds. The van der Waals surface area contributed by atoms with Crippen molar-refractivity contribution < 1.29 is 9.72 Å². The van der Waals surface area contributed by atoms with Crippen LogP contribution in [0.15, 0.2) is 24.3 Å². The third kappa shape index (κ3) is 3.84. The summed E-state index contributed by atoms with van der Waals surface area (Å²) in [6.45, 7) is 4.82. The molecule has 0 fully saturated rings. The van der Waals surface area contributed by atoms with Crippen LogP contribution in [0.4, 0.5) is 5.69 Å². The topological polar surface area (TPSA) is 72.2 Å². The molecule has 1 N–H and O–H groups in total. The van der Waals surface area contributed by atoms with Gasteiger partial charge >= 0.3 is 0 Å². The van der Waals surface area contributed by atoms with Gasteiger partial charge in [-0.1, -0.05) is 26.7 Å². The number of rotatable bonds is 6. The summed E-state index contributed by atoms with van der Waals surface area (Å²) in [4.78, 5) is 21.8. The zero-order chi connectivity index (χ0) is 13.5. The Morgan fingerprint density at radius 2 is 1.83 bits per heavy atom. The van der Waals surface area contributed by atoms with Gasteiger partial charge in [-0.3, -0.25) is 14.9 Å². The van der Waals surface area contributed by atoms with Gasteiger partial charge in [0.1, 0.15) is 0 Å². The Kier molecular flexibility index (Phi) is 5.30. The number of nitro benzene ring substituents is 1. The summed E-state index contributed by atoms with van der Waals surface area (Å²) in [6, 6.07) is 5.62. The fourth-order valence-electron chi connectivity index (χ4n) is 1.65. The fraction of sp³-hybridized carbons (Fsp3) is 0.462.